The second-order valence-corrected chi connectivity index (χ2v) is 9.79. The number of unbranched alkanes of at least 4 members (excludes halogenated alkanes) is 3. The van der Waals surface area contributed by atoms with Gasteiger partial charge in [0, 0.05) is 23.1 Å². The molecule has 0 aliphatic heterocycles. The van der Waals surface area contributed by atoms with Crippen LogP contribution in [0.15, 0.2) is 110 Å². The highest BCUT2D eigenvalue weighted by Gasteiger charge is 2.12. The van der Waals surface area contributed by atoms with Gasteiger partial charge in [-0.05, 0) is 86.2 Å². The predicted octanol–water partition coefficient (Wildman–Crippen LogP) is 9.27. The highest BCUT2D eigenvalue weighted by Crippen LogP contribution is 2.35. The molecule has 0 spiro atoms. The summed E-state index contributed by atoms with van der Waals surface area (Å²) in [5, 5.41) is 0. The standard InChI is InChI=1S/C35H37NO2/c1-4-35(37)38-26-8-6-5-7-9-29-14-16-30(17-15-29)31-18-24-34(25-19-31)36(32-20-10-27(2)11-21-32)33-22-12-28(3)13-23-33/h4,10-25H,1,5-9,26H2,2-3H3. The van der Waals surface area contributed by atoms with E-state index in [0.29, 0.717) is 6.61 Å². The zero-order valence-corrected chi connectivity index (χ0v) is 22.5. The van der Waals surface area contributed by atoms with Gasteiger partial charge in [0.2, 0.25) is 0 Å². The van der Waals surface area contributed by atoms with Crippen LogP contribution in [0.4, 0.5) is 17.1 Å². The van der Waals surface area contributed by atoms with Gasteiger partial charge in [-0.25, -0.2) is 4.79 Å². The van der Waals surface area contributed by atoms with Crippen molar-refractivity contribution < 1.29 is 9.53 Å². The van der Waals surface area contributed by atoms with Crippen LogP contribution in [0.25, 0.3) is 11.1 Å². The average Bonchev–Trinajstić information content (AvgIpc) is 2.95. The van der Waals surface area contributed by atoms with Crippen LogP contribution in [0.1, 0.15) is 42.4 Å². The topological polar surface area (TPSA) is 29.5 Å². The van der Waals surface area contributed by atoms with Gasteiger partial charge >= 0.3 is 5.97 Å². The Morgan fingerprint density at radius 3 is 1.61 bits per heavy atom. The maximum atomic E-state index is 11.1. The van der Waals surface area contributed by atoms with Crippen molar-refractivity contribution in [3.05, 3.63) is 126 Å². The lowest BCUT2D eigenvalue weighted by Gasteiger charge is -2.26. The van der Waals surface area contributed by atoms with E-state index in [2.05, 4.69) is 122 Å². The minimum atomic E-state index is -0.338. The molecule has 0 N–H and O–H groups in total. The van der Waals surface area contributed by atoms with Gasteiger partial charge in [-0.2, -0.15) is 0 Å². The molecular formula is C35H37NO2. The minimum Gasteiger partial charge on any atom is -0.463 e. The Kier molecular flexibility index (Phi) is 9.53. The van der Waals surface area contributed by atoms with Crippen molar-refractivity contribution in [1.29, 1.82) is 0 Å². The van der Waals surface area contributed by atoms with Gasteiger partial charge in [0.15, 0.2) is 0 Å². The minimum absolute atomic E-state index is 0.338. The fourth-order valence-corrected chi connectivity index (χ4v) is 4.52. The third-order valence-corrected chi connectivity index (χ3v) is 6.77. The zero-order chi connectivity index (χ0) is 26.7. The molecule has 0 unspecified atom stereocenters. The number of benzene rings is 4. The van der Waals surface area contributed by atoms with E-state index >= 15 is 0 Å². The predicted molar refractivity (Wildman–Crippen MR) is 159 cm³/mol. The van der Waals surface area contributed by atoms with E-state index in [0.717, 1.165) is 49.2 Å². The van der Waals surface area contributed by atoms with Gasteiger partial charge in [0.05, 0.1) is 6.61 Å². The summed E-state index contributed by atoms with van der Waals surface area (Å²) in [4.78, 5) is 13.4. The fourth-order valence-electron chi connectivity index (χ4n) is 4.52. The first-order valence-corrected chi connectivity index (χ1v) is 13.5. The first-order chi connectivity index (χ1) is 18.5. The number of carbonyl (C=O) groups is 1. The summed E-state index contributed by atoms with van der Waals surface area (Å²) in [5.41, 5.74) is 9.73. The zero-order valence-electron chi connectivity index (χ0n) is 22.5. The van der Waals surface area contributed by atoms with Crippen LogP contribution in [0, 0.1) is 13.8 Å². The molecule has 0 atom stereocenters. The SMILES string of the molecule is C=CC(=O)OCCCCCCc1ccc(-c2ccc(N(c3ccc(C)cc3)c3ccc(C)cc3)cc2)cc1. The van der Waals surface area contributed by atoms with Gasteiger partial charge in [-0.3, -0.25) is 0 Å². The Morgan fingerprint density at radius 1 is 0.658 bits per heavy atom. The Morgan fingerprint density at radius 2 is 1.11 bits per heavy atom. The van der Waals surface area contributed by atoms with Gasteiger partial charge in [0.1, 0.15) is 0 Å². The molecule has 3 heteroatoms. The number of hydrogen-bond acceptors (Lipinski definition) is 3. The lowest BCUT2D eigenvalue weighted by Crippen LogP contribution is -2.09. The maximum absolute atomic E-state index is 11.1. The third-order valence-electron chi connectivity index (χ3n) is 6.77. The molecule has 4 aromatic rings. The highest BCUT2D eigenvalue weighted by atomic mass is 16.5. The Labute approximate surface area is 227 Å². The summed E-state index contributed by atoms with van der Waals surface area (Å²) in [6, 6.07) is 35.1. The van der Waals surface area contributed by atoms with Crippen molar-refractivity contribution in [2.75, 3.05) is 11.5 Å². The van der Waals surface area contributed by atoms with Crippen molar-refractivity contribution >= 4 is 23.0 Å². The first kappa shape index (κ1) is 26.9. The van der Waals surface area contributed by atoms with E-state index in [-0.39, 0.29) is 5.97 Å². The fraction of sp³-hybridized carbons (Fsp3) is 0.229. The molecule has 0 bridgehead atoms. The molecule has 0 fully saturated rings. The molecule has 38 heavy (non-hydrogen) atoms. The number of anilines is 3. The van der Waals surface area contributed by atoms with Crippen LogP contribution in [0.5, 0.6) is 0 Å². The van der Waals surface area contributed by atoms with Crippen molar-refractivity contribution in [2.24, 2.45) is 0 Å². The Balaban J connectivity index is 1.38. The third kappa shape index (κ3) is 7.45. The summed E-state index contributed by atoms with van der Waals surface area (Å²) < 4.78 is 5.03. The molecule has 0 aromatic heterocycles. The van der Waals surface area contributed by atoms with Crippen LogP contribution >= 0.6 is 0 Å². The number of rotatable bonds is 12. The molecule has 4 aromatic carbocycles. The van der Waals surface area contributed by atoms with Gasteiger partial charge in [0.25, 0.3) is 0 Å². The normalized spacial score (nSPS) is 10.7. The summed E-state index contributed by atoms with van der Waals surface area (Å²) in [5.74, 6) is -0.338. The van der Waals surface area contributed by atoms with E-state index in [4.69, 9.17) is 4.74 Å². The molecule has 4 rings (SSSR count). The van der Waals surface area contributed by atoms with Crippen molar-refractivity contribution in [2.45, 2.75) is 46.0 Å². The quantitative estimate of drug-likeness (QED) is 0.110. The summed E-state index contributed by atoms with van der Waals surface area (Å²) in [6.45, 7) is 8.12. The average molecular weight is 504 g/mol. The number of aryl methyl sites for hydroxylation is 3. The molecule has 0 saturated heterocycles. The van der Waals surface area contributed by atoms with Crippen molar-refractivity contribution in [3.63, 3.8) is 0 Å². The molecule has 0 aliphatic carbocycles. The molecule has 0 saturated carbocycles. The smallest absolute Gasteiger partial charge is 0.330 e. The Hall–Kier alpha value is -4.11. The largest absolute Gasteiger partial charge is 0.463 e. The lowest BCUT2D eigenvalue weighted by atomic mass is 10.0. The molecule has 0 radical (unpaired) electrons. The van der Waals surface area contributed by atoms with Gasteiger partial charge in [-0.15, -0.1) is 0 Å². The molecule has 194 valence electrons. The number of nitrogens with zero attached hydrogens (tertiary/aromatic N) is 1. The number of esters is 1. The highest BCUT2D eigenvalue weighted by molar-refractivity contribution is 5.81. The number of carbonyl (C=O) groups excluding carboxylic acids is 1. The van der Waals surface area contributed by atoms with E-state index in [1.54, 1.807) is 0 Å². The van der Waals surface area contributed by atoms with Crippen molar-refractivity contribution in [3.8, 4) is 11.1 Å². The summed E-state index contributed by atoms with van der Waals surface area (Å²) in [7, 11) is 0. The summed E-state index contributed by atoms with van der Waals surface area (Å²) in [6.07, 6.45) is 6.51. The van der Waals surface area contributed by atoms with E-state index in [1.165, 1.54) is 33.9 Å². The van der Waals surface area contributed by atoms with Crippen molar-refractivity contribution in [1.82, 2.24) is 0 Å². The maximum Gasteiger partial charge on any atom is 0.330 e. The monoisotopic (exact) mass is 503 g/mol. The van der Waals surface area contributed by atoms with Crippen LogP contribution < -0.4 is 4.90 Å². The Bertz CT molecular complexity index is 1260. The number of hydrogen-bond donors (Lipinski definition) is 0. The second kappa shape index (κ2) is 13.4. The van der Waals surface area contributed by atoms with Gasteiger partial charge < -0.3 is 9.64 Å². The van der Waals surface area contributed by atoms with Crippen LogP contribution in [-0.4, -0.2) is 12.6 Å². The molecule has 0 heterocycles. The molecular weight excluding hydrogens is 466 g/mol. The van der Waals surface area contributed by atoms with E-state index < -0.39 is 0 Å². The lowest BCUT2D eigenvalue weighted by molar-refractivity contribution is -0.137. The summed E-state index contributed by atoms with van der Waals surface area (Å²) >= 11 is 0. The van der Waals surface area contributed by atoms with Crippen LogP contribution in [-0.2, 0) is 16.0 Å². The van der Waals surface area contributed by atoms with Crippen LogP contribution in [0.2, 0.25) is 0 Å². The molecule has 0 amide bonds. The number of ether oxygens (including phenoxy) is 1. The molecule has 0 aliphatic rings. The van der Waals surface area contributed by atoms with Gasteiger partial charge in [-0.1, -0.05) is 91.2 Å². The van der Waals surface area contributed by atoms with Crippen LogP contribution in [0.3, 0.4) is 0 Å². The van der Waals surface area contributed by atoms with E-state index in [1.807, 2.05) is 0 Å². The van der Waals surface area contributed by atoms with E-state index in [9.17, 15) is 4.79 Å². The first-order valence-electron chi connectivity index (χ1n) is 13.5. The second-order valence-electron chi connectivity index (χ2n) is 9.79. The molecule has 3 nitrogen and oxygen atoms in total.